The van der Waals surface area contributed by atoms with E-state index in [1.807, 2.05) is 0 Å². The van der Waals surface area contributed by atoms with E-state index in [9.17, 15) is 4.79 Å². The van der Waals surface area contributed by atoms with E-state index in [2.05, 4.69) is 41.5 Å². The molecule has 0 radical (unpaired) electrons. The summed E-state index contributed by atoms with van der Waals surface area (Å²) in [5, 5.41) is 0. The normalized spacial score (nSPS) is 12.7. The van der Waals surface area contributed by atoms with Crippen molar-refractivity contribution in [2.24, 2.45) is 0 Å². The molecule has 0 aromatic rings. The van der Waals surface area contributed by atoms with Gasteiger partial charge in [-0.15, -0.1) is 0 Å². The minimum absolute atomic E-state index is 0.304. The van der Waals surface area contributed by atoms with E-state index in [4.69, 9.17) is 9.47 Å². The number of carbonyl (C=O) groups excluding carboxylic acids is 1. The number of rotatable bonds is 46. The van der Waals surface area contributed by atoms with Crippen LogP contribution >= 0.6 is 14.5 Å². The summed E-state index contributed by atoms with van der Waals surface area (Å²) >= 11 is 0. The standard InChI is InChI=1S/C51H108O3P2/c1-7-13-19-25-31-37-43-55(44-38-32-26-20-14-8-2,45-39-33-27-21-15-9-3)49-53-51(52)54-50-56(46-40-34-28-22-16-10-4,47-41-35-29-23-17-11-5)48-42-36-30-24-18-12-6/h55-56H,7-50H2,1-6H3. The molecule has 0 atom stereocenters. The predicted octanol–water partition coefficient (Wildman–Crippen LogP) is 18.7. The van der Waals surface area contributed by atoms with Gasteiger partial charge in [-0.1, -0.05) is 0 Å². The van der Waals surface area contributed by atoms with Gasteiger partial charge in [0, 0.05) is 0 Å². The molecular weight excluding hydrogens is 723 g/mol. The van der Waals surface area contributed by atoms with Gasteiger partial charge in [0.2, 0.25) is 0 Å². The zero-order chi connectivity index (χ0) is 41.1. The van der Waals surface area contributed by atoms with Crippen molar-refractivity contribution < 1.29 is 14.3 Å². The van der Waals surface area contributed by atoms with E-state index >= 15 is 0 Å². The predicted molar refractivity (Wildman–Crippen MR) is 263 cm³/mol. The van der Waals surface area contributed by atoms with Crippen LogP contribution in [0.5, 0.6) is 0 Å². The minimum atomic E-state index is -1.76. The van der Waals surface area contributed by atoms with E-state index in [0.29, 0.717) is 12.7 Å². The maximum atomic E-state index is 13.8. The summed E-state index contributed by atoms with van der Waals surface area (Å²) in [5.74, 6) is 0. The third kappa shape index (κ3) is 34.9. The Labute approximate surface area is 356 Å². The molecule has 0 saturated heterocycles. The molecule has 0 aliphatic rings. The van der Waals surface area contributed by atoms with Crippen molar-refractivity contribution in [3.8, 4) is 0 Å². The van der Waals surface area contributed by atoms with Crippen molar-refractivity contribution in [2.75, 3.05) is 49.7 Å². The van der Waals surface area contributed by atoms with Gasteiger partial charge >= 0.3 is 357 Å². The average molecular weight is 831 g/mol. The van der Waals surface area contributed by atoms with E-state index in [1.54, 1.807) is 0 Å². The Morgan fingerprint density at radius 2 is 0.429 bits per heavy atom. The van der Waals surface area contributed by atoms with Gasteiger partial charge in [0.05, 0.1) is 0 Å². The second kappa shape index (κ2) is 43.2. The summed E-state index contributed by atoms with van der Waals surface area (Å²) in [4.78, 5) is 13.8. The zero-order valence-corrected chi connectivity index (χ0v) is 41.8. The molecule has 0 rings (SSSR count). The number of ether oxygens (including phenoxy) is 2. The second-order valence-electron chi connectivity index (χ2n) is 18.9. The molecule has 340 valence electrons. The first-order valence-electron chi connectivity index (χ1n) is 26.3. The van der Waals surface area contributed by atoms with Crippen LogP contribution in [-0.4, -0.2) is 55.8 Å². The first-order valence-corrected chi connectivity index (χ1v) is 31.9. The number of hydrogen-bond acceptors (Lipinski definition) is 3. The molecule has 0 aromatic heterocycles. The van der Waals surface area contributed by atoms with Crippen LogP contribution in [0.2, 0.25) is 0 Å². The fraction of sp³-hybridized carbons (Fsp3) is 0.980. The molecular formula is C51H108O3P2. The summed E-state index contributed by atoms with van der Waals surface area (Å²) < 4.78 is 12.8. The SMILES string of the molecule is CCCCCCCC[PH](CCCCCCCC)(CCCCCCCC)COC(=O)OC[PH](CCCCCCCC)(CCCCCCCC)CCCCCCCC. The summed E-state index contributed by atoms with van der Waals surface area (Å²) in [6, 6.07) is 0. The van der Waals surface area contributed by atoms with Gasteiger partial charge < -0.3 is 0 Å². The third-order valence-corrected chi connectivity index (χ3v) is 23.4. The van der Waals surface area contributed by atoms with Crippen LogP contribution in [-0.2, 0) is 9.47 Å². The van der Waals surface area contributed by atoms with Gasteiger partial charge in [-0.2, -0.15) is 0 Å². The summed E-state index contributed by atoms with van der Waals surface area (Å²) in [6.07, 6.45) is 58.0. The molecule has 0 N–H and O–H groups in total. The summed E-state index contributed by atoms with van der Waals surface area (Å²) in [6.45, 7) is 13.9. The van der Waals surface area contributed by atoms with Gasteiger partial charge in [0.1, 0.15) is 0 Å². The van der Waals surface area contributed by atoms with Crippen molar-refractivity contribution in [1.29, 1.82) is 0 Å². The Morgan fingerprint density at radius 1 is 0.268 bits per heavy atom. The molecule has 5 heteroatoms. The molecule has 0 spiro atoms. The quantitative estimate of drug-likeness (QED) is 0.0348. The molecule has 0 amide bonds. The van der Waals surface area contributed by atoms with Crippen LogP contribution in [0.4, 0.5) is 4.79 Å². The first kappa shape index (κ1) is 56.1. The first-order chi connectivity index (χ1) is 27.5. The fourth-order valence-electron chi connectivity index (χ4n) is 9.33. The Balaban J connectivity index is 5.90. The van der Waals surface area contributed by atoms with Crippen molar-refractivity contribution in [3.63, 3.8) is 0 Å². The number of unbranched alkanes of at least 4 members (excludes halogenated alkanes) is 30. The Kier molecular flexibility index (Phi) is 43.3. The van der Waals surface area contributed by atoms with Crippen molar-refractivity contribution >= 4 is 20.7 Å². The summed E-state index contributed by atoms with van der Waals surface area (Å²) in [7, 11) is -3.52. The van der Waals surface area contributed by atoms with Gasteiger partial charge in [0.25, 0.3) is 0 Å². The van der Waals surface area contributed by atoms with Crippen molar-refractivity contribution in [3.05, 3.63) is 0 Å². The molecule has 0 aromatic carbocycles. The van der Waals surface area contributed by atoms with Crippen LogP contribution in [0, 0.1) is 0 Å². The van der Waals surface area contributed by atoms with Crippen LogP contribution < -0.4 is 0 Å². The monoisotopic (exact) mass is 831 g/mol. The molecule has 56 heavy (non-hydrogen) atoms. The third-order valence-electron chi connectivity index (χ3n) is 13.4. The second-order valence-corrected chi connectivity index (χ2v) is 28.5. The van der Waals surface area contributed by atoms with Crippen molar-refractivity contribution in [1.82, 2.24) is 0 Å². The Morgan fingerprint density at radius 3 is 0.607 bits per heavy atom. The van der Waals surface area contributed by atoms with Crippen LogP contribution in [0.1, 0.15) is 273 Å². The fourth-order valence-corrected chi connectivity index (χ4v) is 18.5. The van der Waals surface area contributed by atoms with E-state index in [-0.39, 0.29) is 6.16 Å². The maximum absolute atomic E-state index is 13.8. The van der Waals surface area contributed by atoms with Crippen LogP contribution in [0.25, 0.3) is 0 Å². The van der Waals surface area contributed by atoms with Crippen LogP contribution in [0.3, 0.4) is 0 Å². The zero-order valence-electron chi connectivity index (χ0n) is 39.8. The van der Waals surface area contributed by atoms with Gasteiger partial charge in [-0.05, 0) is 0 Å². The van der Waals surface area contributed by atoms with Gasteiger partial charge in [0.15, 0.2) is 0 Å². The average Bonchev–Trinajstić information content (AvgIpc) is 3.21. The Bertz CT molecular complexity index is 646. The van der Waals surface area contributed by atoms with E-state index in [0.717, 1.165) is 0 Å². The molecule has 0 aliphatic heterocycles. The molecule has 0 bridgehead atoms. The Hall–Kier alpha value is 0.130. The molecule has 0 unspecified atom stereocenters. The van der Waals surface area contributed by atoms with E-state index < -0.39 is 14.5 Å². The van der Waals surface area contributed by atoms with E-state index in [1.165, 1.54) is 268 Å². The van der Waals surface area contributed by atoms with Gasteiger partial charge in [-0.3, -0.25) is 0 Å². The van der Waals surface area contributed by atoms with Crippen molar-refractivity contribution in [2.45, 2.75) is 273 Å². The summed E-state index contributed by atoms with van der Waals surface area (Å²) in [5.41, 5.74) is 0. The molecule has 0 fully saturated rings. The molecule has 0 heterocycles. The molecule has 0 aliphatic carbocycles. The molecule has 3 nitrogen and oxygen atoms in total. The van der Waals surface area contributed by atoms with Crippen LogP contribution in [0.15, 0.2) is 0 Å². The topological polar surface area (TPSA) is 35.5 Å². The van der Waals surface area contributed by atoms with Gasteiger partial charge in [-0.25, -0.2) is 0 Å². The molecule has 0 saturated carbocycles. The number of carbonyl (C=O) groups is 1. The number of hydrogen-bond donors (Lipinski definition) is 0.